The van der Waals surface area contributed by atoms with Crippen LogP contribution in [0.25, 0.3) is 0 Å². The Morgan fingerprint density at radius 2 is 1.78 bits per heavy atom. The van der Waals surface area contributed by atoms with E-state index in [9.17, 15) is 0 Å². The summed E-state index contributed by atoms with van der Waals surface area (Å²) in [5, 5.41) is 6.37. The lowest BCUT2D eigenvalue weighted by Gasteiger charge is -2.12. The fourth-order valence-corrected chi connectivity index (χ4v) is 2.10. The maximum absolute atomic E-state index is 5.59. The number of guanidine groups is 1. The molecule has 8 heteroatoms. The minimum Gasteiger partial charge on any atom is -0.490 e. The Hall–Kier alpha value is -2.07. The highest BCUT2D eigenvalue weighted by molar-refractivity contribution is 14.0. The molecule has 0 amide bonds. The number of aromatic nitrogens is 1. The first-order valence-corrected chi connectivity index (χ1v) is 8.51. The number of rotatable bonds is 10. The Balaban J connectivity index is 0.00000364. The van der Waals surface area contributed by atoms with Gasteiger partial charge in [0.05, 0.1) is 6.61 Å². The van der Waals surface area contributed by atoms with Crippen molar-refractivity contribution in [3.05, 3.63) is 54.2 Å². The van der Waals surface area contributed by atoms with Crippen LogP contribution < -0.4 is 20.1 Å². The van der Waals surface area contributed by atoms with Crippen LogP contribution >= 0.6 is 24.0 Å². The lowest BCUT2D eigenvalue weighted by Crippen LogP contribution is -2.38. The summed E-state index contributed by atoms with van der Waals surface area (Å²) >= 11 is 0. The van der Waals surface area contributed by atoms with Crippen LogP contribution in [0, 0.1) is 0 Å². The zero-order valence-corrected chi connectivity index (χ0v) is 18.0. The third-order valence-corrected chi connectivity index (χ3v) is 3.43. The highest BCUT2D eigenvalue weighted by Gasteiger charge is 2.00. The molecule has 0 aliphatic heterocycles. The lowest BCUT2D eigenvalue weighted by atomic mass is 10.3. The third kappa shape index (κ3) is 9.43. The largest absolute Gasteiger partial charge is 0.490 e. The molecule has 0 aliphatic carbocycles. The monoisotopic (exact) mass is 486 g/mol. The van der Waals surface area contributed by atoms with Crippen LogP contribution in [0.4, 0.5) is 0 Å². The van der Waals surface area contributed by atoms with E-state index in [-0.39, 0.29) is 24.0 Å². The molecule has 2 rings (SSSR count). The average molecular weight is 486 g/mol. The average Bonchev–Trinajstić information content (AvgIpc) is 2.70. The molecular formula is C19H27IN4O3. The van der Waals surface area contributed by atoms with E-state index in [4.69, 9.17) is 14.2 Å². The van der Waals surface area contributed by atoms with E-state index in [1.54, 1.807) is 20.4 Å². The molecular weight excluding hydrogens is 459 g/mol. The third-order valence-electron chi connectivity index (χ3n) is 3.43. The van der Waals surface area contributed by atoms with Gasteiger partial charge in [-0.15, -0.1) is 24.0 Å². The predicted molar refractivity (Wildman–Crippen MR) is 117 cm³/mol. The number of para-hydroxylation sites is 1. The van der Waals surface area contributed by atoms with E-state index >= 15 is 0 Å². The predicted octanol–water partition coefficient (Wildman–Crippen LogP) is 2.47. The molecule has 1 aromatic carbocycles. The number of benzene rings is 1. The fraction of sp³-hybridized carbons (Fsp3) is 0.368. The number of hydrogen-bond acceptors (Lipinski definition) is 5. The van der Waals surface area contributed by atoms with Crippen LogP contribution in [0.2, 0.25) is 0 Å². The van der Waals surface area contributed by atoms with Crippen molar-refractivity contribution in [1.82, 2.24) is 15.6 Å². The Morgan fingerprint density at radius 3 is 2.44 bits per heavy atom. The van der Waals surface area contributed by atoms with Gasteiger partial charge in [-0.25, -0.2) is 4.98 Å². The molecule has 2 aromatic rings. The number of hydrogen-bond donors (Lipinski definition) is 2. The molecule has 1 heterocycles. The van der Waals surface area contributed by atoms with E-state index in [2.05, 4.69) is 20.6 Å². The topological polar surface area (TPSA) is 77.0 Å². The van der Waals surface area contributed by atoms with E-state index < -0.39 is 0 Å². The smallest absolute Gasteiger partial charge is 0.213 e. The molecule has 0 bridgehead atoms. The Morgan fingerprint density at radius 1 is 1.00 bits per heavy atom. The number of nitrogens with zero attached hydrogens (tertiary/aromatic N) is 2. The van der Waals surface area contributed by atoms with Crippen molar-refractivity contribution in [2.45, 2.75) is 6.54 Å². The van der Waals surface area contributed by atoms with Crippen LogP contribution in [0.1, 0.15) is 5.56 Å². The summed E-state index contributed by atoms with van der Waals surface area (Å²) in [6.45, 7) is 2.86. The molecule has 0 radical (unpaired) electrons. The van der Waals surface area contributed by atoms with Crippen LogP contribution in [-0.2, 0) is 11.3 Å². The number of halogens is 1. The summed E-state index contributed by atoms with van der Waals surface area (Å²) in [6, 6.07) is 13.5. The van der Waals surface area contributed by atoms with Gasteiger partial charge in [0.2, 0.25) is 5.88 Å². The number of ether oxygens (including phenoxy) is 3. The van der Waals surface area contributed by atoms with Crippen molar-refractivity contribution in [3.8, 4) is 11.6 Å². The number of methoxy groups -OCH3 is 1. The first-order valence-electron chi connectivity index (χ1n) is 8.51. The second-order valence-corrected chi connectivity index (χ2v) is 5.36. The van der Waals surface area contributed by atoms with Crippen molar-refractivity contribution in [3.63, 3.8) is 0 Å². The van der Waals surface area contributed by atoms with Crippen molar-refractivity contribution in [2.75, 3.05) is 40.5 Å². The summed E-state index contributed by atoms with van der Waals surface area (Å²) in [7, 11) is 3.40. The molecule has 0 unspecified atom stereocenters. The number of pyridine rings is 1. The summed E-state index contributed by atoms with van der Waals surface area (Å²) in [6.07, 6.45) is 1.78. The van der Waals surface area contributed by atoms with Crippen molar-refractivity contribution in [2.24, 2.45) is 4.99 Å². The summed E-state index contributed by atoms with van der Waals surface area (Å²) in [5.74, 6) is 2.13. The van der Waals surface area contributed by atoms with Gasteiger partial charge in [0.25, 0.3) is 0 Å². The van der Waals surface area contributed by atoms with Crippen LogP contribution in [-0.4, -0.2) is 51.5 Å². The molecule has 0 atom stereocenters. The van der Waals surface area contributed by atoms with E-state index in [0.717, 1.165) is 17.3 Å². The normalized spacial score (nSPS) is 10.7. The first kappa shape index (κ1) is 23.0. The zero-order chi connectivity index (χ0) is 18.5. The standard InChI is InChI=1S/C19H26N4O3.HI/c1-20-19(21-10-11-24-2)23-15-16-8-9-18(22-14-16)26-13-12-25-17-6-4-3-5-7-17;/h3-9,14H,10-13,15H2,1-2H3,(H2,20,21,23);1H. The number of aliphatic imine (C=N–C) groups is 1. The van der Waals surface area contributed by atoms with Gasteiger partial charge >= 0.3 is 0 Å². The summed E-state index contributed by atoms with van der Waals surface area (Å²) in [5.41, 5.74) is 1.03. The van der Waals surface area contributed by atoms with E-state index in [1.807, 2.05) is 42.5 Å². The highest BCUT2D eigenvalue weighted by Crippen LogP contribution is 2.09. The van der Waals surface area contributed by atoms with Gasteiger partial charge in [-0.3, -0.25) is 4.99 Å². The second-order valence-electron chi connectivity index (χ2n) is 5.36. The van der Waals surface area contributed by atoms with Crippen LogP contribution in [0.3, 0.4) is 0 Å². The molecule has 27 heavy (non-hydrogen) atoms. The van der Waals surface area contributed by atoms with Gasteiger partial charge in [-0.1, -0.05) is 24.3 Å². The zero-order valence-electron chi connectivity index (χ0n) is 15.7. The van der Waals surface area contributed by atoms with E-state index in [1.165, 1.54) is 0 Å². The lowest BCUT2D eigenvalue weighted by molar-refractivity contribution is 0.203. The Bertz CT molecular complexity index is 654. The molecule has 0 aliphatic rings. The fourth-order valence-electron chi connectivity index (χ4n) is 2.10. The Labute approximate surface area is 177 Å². The van der Waals surface area contributed by atoms with Gasteiger partial charge < -0.3 is 24.8 Å². The first-order chi connectivity index (χ1) is 12.8. The van der Waals surface area contributed by atoms with Gasteiger partial charge in [0.15, 0.2) is 5.96 Å². The van der Waals surface area contributed by atoms with Gasteiger partial charge in [-0.05, 0) is 17.7 Å². The van der Waals surface area contributed by atoms with E-state index in [0.29, 0.717) is 38.8 Å². The maximum Gasteiger partial charge on any atom is 0.213 e. The number of nitrogens with one attached hydrogen (secondary N) is 2. The second kappa shape index (κ2) is 14.0. The Kier molecular flexibility index (Phi) is 11.9. The summed E-state index contributed by atoms with van der Waals surface area (Å²) in [4.78, 5) is 8.45. The van der Waals surface area contributed by atoms with Crippen LogP contribution in [0.5, 0.6) is 11.6 Å². The quantitative estimate of drug-likeness (QED) is 0.233. The van der Waals surface area contributed by atoms with Crippen molar-refractivity contribution < 1.29 is 14.2 Å². The van der Waals surface area contributed by atoms with Crippen LogP contribution in [0.15, 0.2) is 53.7 Å². The molecule has 0 fully saturated rings. The summed E-state index contributed by atoms with van der Waals surface area (Å²) < 4.78 is 16.2. The van der Waals surface area contributed by atoms with Crippen molar-refractivity contribution >= 4 is 29.9 Å². The highest BCUT2D eigenvalue weighted by atomic mass is 127. The molecule has 0 spiro atoms. The molecule has 0 saturated carbocycles. The molecule has 2 N–H and O–H groups in total. The minimum absolute atomic E-state index is 0. The molecule has 0 saturated heterocycles. The molecule has 1 aromatic heterocycles. The van der Waals surface area contributed by atoms with Gasteiger partial charge in [0.1, 0.15) is 19.0 Å². The van der Waals surface area contributed by atoms with Crippen molar-refractivity contribution in [1.29, 1.82) is 0 Å². The maximum atomic E-state index is 5.59. The van der Waals surface area contributed by atoms with Gasteiger partial charge in [-0.2, -0.15) is 0 Å². The SMILES string of the molecule is CN=C(NCCOC)NCc1ccc(OCCOc2ccccc2)nc1.I. The molecule has 148 valence electrons. The minimum atomic E-state index is 0. The molecule has 7 nitrogen and oxygen atoms in total. The van der Waals surface area contributed by atoms with Gasteiger partial charge in [0, 0.05) is 39.5 Å².